The predicted octanol–water partition coefficient (Wildman–Crippen LogP) is 4.96. The van der Waals surface area contributed by atoms with Crippen molar-refractivity contribution in [3.8, 4) is 0 Å². The van der Waals surface area contributed by atoms with Crippen molar-refractivity contribution in [1.82, 2.24) is 4.90 Å². The first-order chi connectivity index (χ1) is 16.6. The maximum Gasteiger partial charge on any atom is 0.253 e. The molecular weight excluding hydrogens is 484 g/mol. The van der Waals surface area contributed by atoms with Crippen LogP contribution in [-0.4, -0.2) is 50.2 Å². The molecule has 2 fully saturated rings. The number of benzene rings is 2. The lowest BCUT2D eigenvalue weighted by molar-refractivity contribution is -0.166. The van der Waals surface area contributed by atoms with E-state index in [0.717, 1.165) is 18.4 Å². The van der Waals surface area contributed by atoms with Crippen molar-refractivity contribution < 1.29 is 18.5 Å². The Morgan fingerprint density at radius 3 is 2.40 bits per heavy atom. The van der Waals surface area contributed by atoms with E-state index in [0.29, 0.717) is 22.4 Å². The summed E-state index contributed by atoms with van der Waals surface area (Å²) in [6.07, 6.45) is 1.05. The lowest BCUT2D eigenvalue weighted by Gasteiger charge is -2.44. The van der Waals surface area contributed by atoms with Gasteiger partial charge in [-0.25, -0.2) is 0 Å². The van der Waals surface area contributed by atoms with Crippen LogP contribution >= 0.6 is 11.6 Å². The standard InChI is InChI=1S/C27H33ClN2O4S/c1-27(2,3)35(33)17-23(19-9-10-19)30-22(18-11-13-20(28)14-12-18)16-34-24(26(30)32)15-25(31)29-21-7-5-4-6-8-21/h4-8,11-14,19,22-24H,9-10,15-17H2,1-3H3,(H,29,31)/t22?,23?,24-,35?/m0/s1. The van der Waals surface area contributed by atoms with Gasteiger partial charge in [0.15, 0.2) is 0 Å². The van der Waals surface area contributed by atoms with E-state index in [9.17, 15) is 13.8 Å². The van der Waals surface area contributed by atoms with Crippen LogP contribution in [0.15, 0.2) is 54.6 Å². The summed E-state index contributed by atoms with van der Waals surface area (Å²) in [5.41, 5.74) is 1.59. The van der Waals surface area contributed by atoms with Crippen LogP contribution in [0.2, 0.25) is 5.02 Å². The molecule has 1 aliphatic heterocycles. The van der Waals surface area contributed by atoms with Gasteiger partial charge in [-0.1, -0.05) is 41.9 Å². The van der Waals surface area contributed by atoms with E-state index in [-0.39, 0.29) is 41.7 Å². The number of halogens is 1. The number of hydrogen-bond donors (Lipinski definition) is 1. The topological polar surface area (TPSA) is 75.7 Å². The van der Waals surface area contributed by atoms with E-state index in [4.69, 9.17) is 16.3 Å². The van der Waals surface area contributed by atoms with Gasteiger partial charge in [0.05, 0.1) is 19.1 Å². The molecule has 35 heavy (non-hydrogen) atoms. The van der Waals surface area contributed by atoms with Crippen molar-refractivity contribution >= 4 is 39.9 Å². The third-order valence-corrected chi connectivity index (χ3v) is 8.79. The minimum atomic E-state index is -1.12. The van der Waals surface area contributed by atoms with E-state index < -0.39 is 16.9 Å². The normalized spacial score (nSPS) is 22.5. The molecule has 1 saturated heterocycles. The van der Waals surface area contributed by atoms with Crippen LogP contribution in [0.4, 0.5) is 5.69 Å². The van der Waals surface area contributed by atoms with Gasteiger partial charge in [-0.15, -0.1) is 0 Å². The summed E-state index contributed by atoms with van der Waals surface area (Å²) in [5.74, 6) is 0.215. The number of anilines is 1. The summed E-state index contributed by atoms with van der Waals surface area (Å²) in [6, 6.07) is 16.1. The molecule has 1 N–H and O–H groups in total. The van der Waals surface area contributed by atoms with E-state index in [1.807, 2.05) is 56.0 Å². The second-order valence-electron chi connectivity index (χ2n) is 10.3. The average Bonchev–Trinajstić information content (AvgIpc) is 3.65. The third-order valence-electron chi connectivity index (χ3n) is 6.53. The number of amides is 2. The van der Waals surface area contributed by atoms with Crippen LogP contribution < -0.4 is 5.32 Å². The van der Waals surface area contributed by atoms with Crippen LogP contribution in [0.3, 0.4) is 0 Å². The lowest BCUT2D eigenvalue weighted by Crippen LogP contribution is -2.57. The predicted molar refractivity (Wildman–Crippen MR) is 140 cm³/mol. The van der Waals surface area contributed by atoms with Gasteiger partial charge in [-0.05, 0) is 69.4 Å². The summed E-state index contributed by atoms with van der Waals surface area (Å²) in [7, 11) is -1.12. The van der Waals surface area contributed by atoms with Crippen molar-refractivity contribution in [2.75, 3.05) is 17.7 Å². The van der Waals surface area contributed by atoms with Gasteiger partial charge >= 0.3 is 0 Å². The fourth-order valence-electron chi connectivity index (χ4n) is 4.39. The van der Waals surface area contributed by atoms with Crippen LogP contribution in [0, 0.1) is 5.92 Å². The molecule has 0 aromatic heterocycles. The fraction of sp³-hybridized carbons (Fsp3) is 0.481. The number of carbonyl (C=O) groups is 2. The maximum atomic E-state index is 13.9. The zero-order valence-electron chi connectivity index (χ0n) is 20.4. The molecule has 1 aliphatic carbocycles. The van der Waals surface area contributed by atoms with Crippen LogP contribution in [-0.2, 0) is 25.1 Å². The molecule has 1 saturated carbocycles. The van der Waals surface area contributed by atoms with Crippen molar-refractivity contribution in [3.63, 3.8) is 0 Å². The minimum absolute atomic E-state index is 0.0721. The highest BCUT2D eigenvalue weighted by atomic mass is 35.5. The number of hydrogen-bond acceptors (Lipinski definition) is 4. The molecule has 1 heterocycles. The summed E-state index contributed by atoms with van der Waals surface area (Å²) < 4.78 is 18.8. The Morgan fingerprint density at radius 1 is 1.14 bits per heavy atom. The van der Waals surface area contributed by atoms with Crippen LogP contribution in [0.25, 0.3) is 0 Å². The van der Waals surface area contributed by atoms with Crippen molar-refractivity contribution in [1.29, 1.82) is 0 Å². The van der Waals surface area contributed by atoms with Crippen molar-refractivity contribution in [2.24, 2.45) is 5.92 Å². The maximum absolute atomic E-state index is 13.9. The molecule has 2 aromatic carbocycles. The molecule has 0 radical (unpaired) electrons. The van der Waals surface area contributed by atoms with E-state index in [1.165, 1.54) is 0 Å². The number of rotatable bonds is 8. The highest BCUT2D eigenvalue weighted by Gasteiger charge is 2.47. The first-order valence-electron chi connectivity index (χ1n) is 12.1. The largest absolute Gasteiger partial charge is 0.365 e. The van der Waals surface area contributed by atoms with Crippen LogP contribution in [0.1, 0.15) is 51.6 Å². The summed E-state index contributed by atoms with van der Waals surface area (Å²) in [4.78, 5) is 28.5. The number of para-hydroxylation sites is 1. The lowest BCUT2D eigenvalue weighted by atomic mass is 9.98. The van der Waals surface area contributed by atoms with Gasteiger partial charge in [0.1, 0.15) is 6.10 Å². The Bertz CT molecular complexity index is 1070. The molecule has 2 aliphatic rings. The Hall–Kier alpha value is -2.22. The molecule has 188 valence electrons. The van der Waals surface area contributed by atoms with Crippen molar-refractivity contribution in [2.45, 2.75) is 63.0 Å². The SMILES string of the molecule is CC(C)(C)S(=O)CC(C1CC1)N1C(=O)[C@H](CC(=O)Nc2ccccc2)OCC1c1ccc(Cl)cc1. The fourth-order valence-corrected chi connectivity index (χ4v) is 5.76. The molecule has 4 atom stereocenters. The number of morpholine rings is 1. The summed E-state index contributed by atoms with van der Waals surface area (Å²) in [5, 5.41) is 3.45. The number of ether oxygens (including phenoxy) is 1. The average molecular weight is 517 g/mol. The van der Waals surface area contributed by atoms with Gasteiger partial charge in [0, 0.05) is 38.1 Å². The van der Waals surface area contributed by atoms with Gasteiger partial charge in [-0.2, -0.15) is 0 Å². The molecule has 2 amide bonds. The number of carbonyl (C=O) groups excluding carboxylic acids is 2. The monoisotopic (exact) mass is 516 g/mol. The van der Waals surface area contributed by atoms with E-state index in [1.54, 1.807) is 24.3 Å². The Labute approximate surface area is 214 Å². The molecule has 4 rings (SSSR count). The quantitative estimate of drug-likeness (QED) is 0.538. The molecular formula is C27H33ClN2O4S. The smallest absolute Gasteiger partial charge is 0.253 e. The van der Waals surface area contributed by atoms with Gasteiger partial charge in [0.25, 0.3) is 5.91 Å². The summed E-state index contributed by atoms with van der Waals surface area (Å²) in [6.45, 7) is 6.15. The first-order valence-corrected chi connectivity index (χ1v) is 13.8. The highest BCUT2D eigenvalue weighted by Crippen LogP contribution is 2.42. The molecule has 8 heteroatoms. The Morgan fingerprint density at radius 2 is 1.80 bits per heavy atom. The number of nitrogens with one attached hydrogen (secondary N) is 1. The second kappa shape index (κ2) is 10.8. The second-order valence-corrected chi connectivity index (χ2v) is 13.0. The van der Waals surface area contributed by atoms with Gasteiger partial charge in [-0.3, -0.25) is 13.8 Å². The number of nitrogens with zero attached hydrogens (tertiary/aromatic N) is 1. The Kier molecular flexibility index (Phi) is 7.99. The van der Waals surface area contributed by atoms with E-state index >= 15 is 0 Å². The molecule has 0 bridgehead atoms. The minimum Gasteiger partial charge on any atom is -0.365 e. The molecule has 3 unspecified atom stereocenters. The molecule has 0 spiro atoms. The first kappa shape index (κ1) is 25.9. The highest BCUT2D eigenvalue weighted by molar-refractivity contribution is 7.86. The zero-order valence-corrected chi connectivity index (χ0v) is 22.0. The third kappa shape index (κ3) is 6.51. The summed E-state index contributed by atoms with van der Waals surface area (Å²) >= 11 is 6.11. The van der Waals surface area contributed by atoms with E-state index in [2.05, 4.69) is 5.32 Å². The molecule has 6 nitrogen and oxygen atoms in total. The molecule has 2 aromatic rings. The van der Waals surface area contributed by atoms with Crippen molar-refractivity contribution in [3.05, 3.63) is 65.2 Å². The van der Waals surface area contributed by atoms with Gasteiger partial charge < -0.3 is 15.0 Å². The zero-order chi connectivity index (χ0) is 25.2. The van der Waals surface area contributed by atoms with Gasteiger partial charge in [0.2, 0.25) is 5.91 Å². The Balaban J connectivity index is 1.59. The van der Waals surface area contributed by atoms with Crippen LogP contribution in [0.5, 0.6) is 0 Å².